The highest BCUT2D eigenvalue weighted by molar-refractivity contribution is 5.95. The lowest BCUT2D eigenvalue weighted by Gasteiger charge is -2.18. The molecular weight excluding hydrogens is 296 g/mol. The highest BCUT2D eigenvalue weighted by atomic mass is 16.5. The summed E-state index contributed by atoms with van der Waals surface area (Å²) >= 11 is 0. The first-order valence-electron chi connectivity index (χ1n) is 7.22. The van der Waals surface area contributed by atoms with Gasteiger partial charge in [0.1, 0.15) is 18.1 Å². The van der Waals surface area contributed by atoms with E-state index in [0.717, 1.165) is 11.3 Å². The minimum absolute atomic E-state index is 0.227. The molecule has 1 aliphatic rings. The molecule has 3 heterocycles. The maximum Gasteiger partial charge on any atom is 0.276 e. The number of ether oxygens (including phenoxy) is 1. The molecule has 0 atom stereocenters. The van der Waals surface area contributed by atoms with E-state index in [1.165, 1.54) is 4.90 Å². The predicted molar refractivity (Wildman–Crippen MR) is 80.8 cm³/mol. The van der Waals surface area contributed by atoms with Crippen LogP contribution in [0.25, 0.3) is 11.3 Å². The molecule has 0 unspecified atom stereocenters. The Kier molecular flexibility index (Phi) is 3.15. The molecule has 0 aliphatic carbocycles. The maximum absolute atomic E-state index is 12.6. The summed E-state index contributed by atoms with van der Waals surface area (Å²) in [6, 6.07) is 11.1. The van der Waals surface area contributed by atoms with Gasteiger partial charge in [0.2, 0.25) is 0 Å². The Morgan fingerprint density at radius 1 is 1.26 bits per heavy atom. The second-order valence-corrected chi connectivity index (χ2v) is 5.36. The lowest BCUT2D eigenvalue weighted by molar-refractivity contribution is 0.0763. The minimum atomic E-state index is -0.227. The quantitative estimate of drug-likeness (QED) is 0.743. The first-order chi connectivity index (χ1) is 11.2. The van der Waals surface area contributed by atoms with E-state index in [4.69, 9.17) is 13.7 Å². The second kappa shape index (κ2) is 5.31. The number of carbonyl (C=O) groups excluding carboxylic acids is 1. The fraction of sp³-hybridized carbons (Fsp3) is 0.176. The van der Waals surface area contributed by atoms with Gasteiger partial charge in [-0.1, -0.05) is 17.3 Å². The van der Waals surface area contributed by atoms with Gasteiger partial charge < -0.3 is 18.6 Å². The molecule has 3 aromatic rings. The van der Waals surface area contributed by atoms with Gasteiger partial charge >= 0.3 is 0 Å². The van der Waals surface area contributed by atoms with Gasteiger partial charge in [0, 0.05) is 7.05 Å². The van der Waals surface area contributed by atoms with Gasteiger partial charge in [-0.25, -0.2) is 0 Å². The smallest absolute Gasteiger partial charge is 0.276 e. The van der Waals surface area contributed by atoms with Crippen molar-refractivity contribution in [1.82, 2.24) is 10.1 Å². The van der Waals surface area contributed by atoms with Gasteiger partial charge in [-0.3, -0.25) is 4.79 Å². The number of amides is 1. The van der Waals surface area contributed by atoms with E-state index in [2.05, 4.69) is 5.16 Å². The number of rotatable bonds is 3. The molecule has 0 saturated carbocycles. The molecule has 0 radical (unpaired) electrons. The van der Waals surface area contributed by atoms with E-state index in [1.807, 2.05) is 30.3 Å². The van der Waals surface area contributed by atoms with Crippen molar-refractivity contribution in [2.45, 2.75) is 13.2 Å². The molecule has 0 fully saturated rings. The third-order valence-corrected chi connectivity index (χ3v) is 3.81. The van der Waals surface area contributed by atoms with Crippen LogP contribution in [0.1, 0.15) is 21.8 Å². The van der Waals surface area contributed by atoms with Crippen LogP contribution in [0.2, 0.25) is 0 Å². The van der Waals surface area contributed by atoms with E-state index < -0.39 is 0 Å². The van der Waals surface area contributed by atoms with Crippen molar-refractivity contribution in [3.05, 3.63) is 59.7 Å². The molecule has 23 heavy (non-hydrogen) atoms. The van der Waals surface area contributed by atoms with Crippen LogP contribution in [0.5, 0.6) is 5.75 Å². The van der Waals surface area contributed by atoms with Crippen molar-refractivity contribution >= 4 is 5.91 Å². The zero-order valence-corrected chi connectivity index (χ0v) is 12.5. The zero-order chi connectivity index (χ0) is 15.8. The number of nitrogens with zero attached hydrogens (tertiary/aromatic N) is 2. The van der Waals surface area contributed by atoms with Crippen molar-refractivity contribution in [2.24, 2.45) is 0 Å². The monoisotopic (exact) mass is 310 g/mol. The molecule has 1 aromatic carbocycles. The normalized spacial score (nSPS) is 12.2. The molecule has 0 spiro atoms. The number of benzene rings is 1. The van der Waals surface area contributed by atoms with Crippen molar-refractivity contribution < 1.29 is 18.5 Å². The number of furan rings is 1. The summed E-state index contributed by atoms with van der Waals surface area (Å²) in [7, 11) is 1.70. The molecule has 6 nitrogen and oxygen atoms in total. The Labute approximate surface area is 132 Å². The number of hydrogen-bond acceptors (Lipinski definition) is 5. The molecule has 6 heteroatoms. The van der Waals surface area contributed by atoms with Crippen molar-refractivity contribution in [2.75, 3.05) is 7.05 Å². The Morgan fingerprint density at radius 3 is 2.96 bits per heavy atom. The van der Waals surface area contributed by atoms with Crippen LogP contribution < -0.4 is 4.74 Å². The largest absolute Gasteiger partial charge is 0.488 e. The lowest BCUT2D eigenvalue weighted by Crippen LogP contribution is -2.27. The van der Waals surface area contributed by atoms with Crippen molar-refractivity contribution in [1.29, 1.82) is 0 Å². The molecule has 116 valence electrons. The minimum Gasteiger partial charge on any atom is -0.488 e. The Bertz CT molecular complexity index is 851. The predicted octanol–water partition coefficient (Wildman–Crippen LogP) is 3.10. The zero-order valence-electron chi connectivity index (χ0n) is 12.5. The third-order valence-electron chi connectivity index (χ3n) is 3.81. The molecule has 1 aliphatic heterocycles. The molecule has 0 bridgehead atoms. The fourth-order valence-electron chi connectivity index (χ4n) is 2.64. The van der Waals surface area contributed by atoms with Crippen LogP contribution in [0, 0.1) is 0 Å². The fourth-order valence-corrected chi connectivity index (χ4v) is 2.64. The number of carbonyl (C=O) groups is 1. The second-order valence-electron chi connectivity index (χ2n) is 5.36. The van der Waals surface area contributed by atoms with Crippen LogP contribution in [-0.2, 0) is 13.2 Å². The number of hydrogen-bond donors (Lipinski definition) is 0. The maximum atomic E-state index is 12.6. The van der Waals surface area contributed by atoms with E-state index in [0.29, 0.717) is 23.6 Å². The number of para-hydroxylation sites is 1. The van der Waals surface area contributed by atoms with E-state index >= 15 is 0 Å². The SMILES string of the molecule is CN(Cc1ccco1)C(=O)c1noc2c1COc1ccccc1-2. The number of aromatic nitrogens is 1. The summed E-state index contributed by atoms with van der Waals surface area (Å²) in [6.07, 6.45) is 1.58. The molecule has 4 rings (SSSR count). The van der Waals surface area contributed by atoms with Crippen LogP contribution in [0.3, 0.4) is 0 Å². The highest BCUT2D eigenvalue weighted by Crippen LogP contribution is 2.38. The molecular formula is C17H14N2O4. The van der Waals surface area contributed by atoms with Gasteiger partial charge in [-0.2, -0.15) is 0 Å². The highest BCUT2D eigenvalue weighted by Gasteiger charge is 2.30. The summed E-state index contributed by atoms with van der Waals surface area (Å²) in [6.45, 7) is 0.635. The third kappa shape index (κ3) is 2.28. The Balaban J connectivity index is 1.64. The van der Waals surface area contributed by atoms with E-state index in [9.17, 15) is 4.79 Å². The van der Waals surface area contributed by atoms with Crippen LogP contribution in [0.15, 0.2) is 51.6 Å². The van der Waals surface area contributed by atoms with Gasteiger partial charge in [-0.05, 0) is 24.3 Å². The lowest BCUT2D eigenvalue weighted by atomic mass is 10.0. The summed E-state index contributed by atoms with van der Waals surface area (Å²) in [5.74, 6) is 1.81. The summed E-state index contributed by atoms with van der Waals surface area (Å²) in [5, 5.41) is 3.97. The Morgan fingerprint density at radius 2 is 2.13 bits per heavy atom. The average molecular weight is 310 g/mol. The van der Waals surface area contributed by atoms with Gasteiger partial charge in [0.05, 0.1) is 23.9 Å². The summed E-state index contributed by atoms with van der Waals surface area (Å²) in [4.78, 5) is 14.2. The van der Waals surface area contributed by atoms with Crippen molar-refractivity contribution in [3.63, 3.8) is 0 Å². The average Bonchev–Trinajstić information content (AvgIpc) is 3.23. The standard InChI is InChI=1S/C17H14N2O4/c1-19(9-11-5-4-8-21-11)17(20)15-13-10-22-14-7-3-2-6-12(14)16(13)23-18-15/h2-8H,9-10H2,1H3. The molecule has 0 N–H and O–H groups in total. The van der Waals surface area contributed by atoms with Crippen LogP contribution in [-0.4, -0.2) is 23.0 Å². The summed E-state index contributed by atoms with van der Waals surface area (Å²) in [5.41, 5.74) is 1.78. The van der Waals surface area contributed by atoms with Gasteiger partial charge in [-0.15, -0.1) is 0 Å². The molecule has 1 amide bonds. The molecule has 2 aromatic heterocycles. The van der Waals surface area contributed by atoms with Crippen LogP contribution in [0.4, 0.5) is 0 Å². The van der Waals surface area contributed by atoms with Gasteiger partial charge in [0.25, 0.3) is 5.91 Å². The van der Waals surface area contributed by atoms with Gasteiger partial charge in [0.15, 0.2) is 11.5 Å². The van der Waals surface area contributed by atoms with Crippen LogP contribution >= 0.6 is 0 Å². The topological polar surface area (TPSA) is 68.7 Å². The van der Waals surface area contributed by atoms with E-state index in [1.54, 1.807) is 19.4 Å². The van der Waals surface area contributed by atoms with E-state index in [-0.39, 0.29) is 18.2 Å². The first kappa shape index (κ1) is 13.6. The summed E-state index contributed by atoms with van der Waals surface area (Å²) < 4.78 is 16.4. The number of fused-ring (bicyclic) bond motifs is 3. The Hall–Kier alpha value is -3.02. The first-order valence-corrected chi connectivity index (χ1v) is 7.22. The van der Waals surface area contributed by atoms with Crippen molar-refractivity contribution in [3.8, 4) is 17.1 Å². The molecule has 0 saturated heterocycles.